The van der Waals surface area contributed by atoms with Gasteiger partial charge in [0.15, 0.2) is 0 Å². The number of hydrogen-bond donors (Lipinski definition) is 1. The van der Waals surface area contributed by atoms with Crippen molar-refractivity contribution in [2.45, 2.75) is 18.4 Å². The molecular weight excluding hydrogens is 436 g/mol. The van der Waals surface area contributed by atoms with Gasteiger partial charge in [-0.15, -0.1) is 0 Å². The molecule has 1 fully saturated rings. The van der Waals surface area contributed by atoms with Crippen LogP contribution in [0.4, 0.5) is 4.79 Å². The number of carbonyl (C=O) groups is 3. The summed E-state index contributed by atoms with van der Waals surface area (Å²) in [6.07, 6.45) is 1.17. The Morgan fingerprint density at radius 1 is 1.26 bits per heavy atom. The number of esters is 1. The summed E-state index contributed by atoms with van der Waals surface area (Å²) < 4.78 is 5.76. The number of hydrogen-bond acceptors (Lipinski definition) is 4. The smallest absolute Gasteiger partial charge is 0.331 e. The Labute approximate surface area is 168 Å². The van der Waals surface area contributed by atoms with Crippen LogP contribution in [0.1, 0.15) is 17.5 Å². The lowest BCUT2D eigenvalue weighted by atomic mass is 9.92. The van der Waals surface area contributed by atoms with Crippen LogP contribution in [0.25, 0.3) is 0 Å². The number of amides is 3. The summed E-state index contributed by atoms with van der Waals surface area (Å²) in [5.74, 6) is -0.883. The molecule has 0 bridgehead atoms. The second kappa shape index (κ2) is 6.65. The SMILES string of the molecule is O=C(CN1C(=O)NC2(CCc3ccccc32)C1=O)Oc1ccc(Cl)cc1Br. The van der Waals surface area contributed by atoms with E-state index in [2.05, 4.69) is 21.2 Å². The van der Waals surface area contributed by atoms with E-state index in [4.69, 9.17) is 16.3 Å². The number of rotatable bonds is 3. The highest BCUT2D eigenvalue weighted by atomic mass is 79.9. The first-order valence-electron chi connectivity index (χ1n) is 8.29. The third kappa shape index (κ3) is 3.00. The van der Waals surface area contributed by atoms with Gasteiger partial charge in [-0.3, -0.25) is 9.69 Å². The van der Waals surface area contributed by atoms with E-state index in [1.165, 1.54) is 6.07 Å². The predicted octanol–water partition coefficient (Wildman–Crippen LogP) is 3.40. The van der Waals surface area contributed by atoms with Crippen molar-refractivity contribution in [3.8, 4) is 5.75 Å². The summed E-state index contributed by atoms with van der Waals surface area (Å²) in [6, 6.07) is 11.6. The lowest BCUT2D eigenvalue weighted by Gasteiger charge is -2.22. The summed E-state index contributed by atoms with van der Waals surface area (Å²) in [7, 11) is 0. The van der Waals surface area contributed by atoms with Crippen molar-refractivity contribution in [1.29, 1.82) is 0 Å². The molecule has 2 aromatic rings. The first kappa shape index (κ1) is 18.0. The lowest BCUT2D eigenvalue weighted by molar-refractivity contribution is -0.141. The quantitative estimate of drug-likeness (QED) is 0.443. The van der Waals surface area contributed by atoms with E-state index in [1.807, 2.05) is 24.3 Å². The zero-order valence-electron chi connectivity index (χ0n) is 14.0. The summed E-state index contributed by atoms with van der Waals surface area (Å²) in [6.45, 7) is -0.469. The number of nitrogens with one attached hydrogen (secondary N) is 1. The molecular formula is C19H14BrClN2O4. The fraction of sp³-hybridized carbons (Fsp3) is 0.211. The van der Waals surface area contributed by atoms with Crippen LogP contribution in [0.2, 0.25) is 5.02 Å². The molecule has 0 aromatic heterocycles. The minimum Gasteiger partial charge on any atom is -0.424 e. The van der Waals surface area contributed by atoms with Gasteiger partial charge in [0, 0.05) is 5.02 Å². The van der Waals surface area contributed by atoms with Crippen molar-refractivity contribution in [3.63, 3.8) is 0 Å². The fourth-order valence-corrected chi connectivity index (χ4v) is 4.34. The van der Waals surface area contributed by atoms with E-state index < -0.39 is 30.0 Å². The van der Waals surface area contributed by atoms with E-state index in [9.17, 15) is 14.4 Å². The zero-order valence-corrected chi connectivity index (χ0v) is 16.3. The number of fused-ring (bicyclic) bond motifs is 2. The van der Waals surface area contributed by atoms with Gasteiger partial charge in [0.25, 0.3) is 5.91 Å². The van der Waals surface area contributed by atoms with Gasteiger partial charge in [0.05, 0.1) is 4.47 Å². The Morgan fingerprint density at radius 2 is 2.04 bits per heavy atom. The molecule has 1 heterocycles. The average Bonchev–Trinajstić information content (AvgIpc) is 3.11. The van der Waals surface area contributed by atoms with E-state index >= 15 is 0 Å². The highest BCUT2D eigenvalue weighted by Gasteiger charge is 2.55. The molecule has 1 saturated heterocycles. The molecule has 2 aromatic carbocycles. The minimum absolute atomic E-state index is 0.261. The molecule has 1 aliphatic carbocycles. The third-order valence-corrected chi connectivity index (χ3v) is 5.68. The number of benzene rings is 2. The number of imide groups is 1. The Kier molecular flexibility index (Phi) is 4.44. The fourth-order valence-electron chi connectivity index (χ4n) is 3.58. The van der Waals surface area contributed by atoms with Gasteiger partial charge < -0.3 is 10.1 Å². The van der Waals surface area contributed by atoms with Crippen LogP contribution in [0.15, 0.2) is 46.9 Å². The number of ether oxygens (including phenoxy) is 1. The highest BCUT2D eigenvalue weighted by Crippen LogP contribution is 2.41. The Bertz CT molecular complexity index is 980. The van der Waals surface area contributed by atoms with E-state index in [-0.39, 0.29) is 5.75 Å². The molecule has 6 nitrogen and oxygen atoms in total. The van der Waals surface area contributed by atoms with Crippen LogP contribution in [0.5, 0.6) is 5.75 Å². The average molecular weight is 450 g/mol. The molecule has 8 heteroatoms. The number of nitrogens with zero attached hydrogens (tertiary/aromatic N) is 1. The van der Waals surface area contributed by atoms with Crippen LogP contribution in [0.3, 0.4) is 0 Å². The first-order valence-corrected chi connectivity index (χ1v) is 9.46. The molecule has 1 aliphatic heterocycles. The molecule has 1 N–H and O–H groups in total. The van der Waals surface area contributed by atoms with Crippen LogP contribution in [0, 0.1) is 0 Å². The summed E-state index contributed by atoms with van der Waals surface area (Å²) in [4.78, 5) is 38.6. The summed E-state index contributed by atoms with van der Waals surface area (Å²) >= 11 is 9.12. The maximum Gasteiger partial charge on any atom is 0.331 e. The van der Waals surface area contributed by atoms with Crippen molar-refractivity contribution in [2.75, 3.05) is 6.54 Å². The molecule has 27 heavy (non-hydrogen) atoms. The second-order valence-corrected chi connectivity index (χ2v) is 7.72. The van der Waals surface area contributed by atoms with Crippen LogP contribution >= 0.6 is 27.5 Å². The Balaban J connectivity index is 1.53. The van der Waals surface area contributed by atoms with Gasteiger partial charge in [-0.1, -0.05) is 35.9 Å². The second-order valence-electron chi connectivity index (χ2n) is 6.43. The highest BCUT2D eigenvalue weighted by molar-refractivity contribution is 9.10. The van der Waals surface area contributed by atoms with Crippen molar-refractivity contribution in [2.24, 2.45) is 0 Å². The number of halogens is 2. The Morgan fingerprint density at radius 3 is 2.81 bits per heavy atom. The minimum atomic E-state index is -1.09. The lowest BCUT2D eigenvalue weighted by Crippen LogP contribution is -2.42. The van der Waals surface area contributed by atoms with Gasteiger partial charge in [-0.05, 0) is 58.1 Å². The van der Waals surface area contributed by atoms with Gasteiger partial charge in [0.1, 0.15) is 17.8 Å². The Hall–Kier alpha value is -2.38. The first-order chi connectivity index (χ1) is 12.9. The van der Waals surface area contributed by atoms with Gasteiger partial charge in [-0.2, -0.15) is 0 Å². The van der Waals surface area contributed by atoms with E-state index in [0.717, 1.165) is 16.0 Å². The van der Waals surface area contributed by atoms with Gasteiger partial charge in [0.2, 0.25) is 0 Å². The van der Waals surface area contributed by atoms with Gasteiger partial charge >= 0.3 is 12.0 Å². The molecule has 0 radical (unpaired) electrons. The van der Waals surface area contributed by atoms with Crippen molar-refractivity contribution >= 4 is 45.4 Å². The van der Waals surface area contributed by atoms with Crippen LogP contribution in [-0.4, -0.2) is 29.4 Å². The monoisotopic (exact) mass is 448 g/mol. The zero-order chi connectivity index (χ0) is 19.2. The maximum absolute atomic E-state index is 13.0. The number of urea groups is 1. The van der Waals surface area contributed by atoms with Crippen molar-refractivity contribution < 1.29 is 19.1 Å². The molecule has 4 rings (SSSR count). The molecule has 1 unspecified atom stereocenters. The third-order valence-electron chi connectivity index (χ3n) is 4.83. The normalized spacial score (nSPS) is 20.7. The summed E-state index contributed by atoms with van der Waals surface area (Å²) in [5, 5.41) is 3.26. The maximum atomic E-state index is 13.0. The summed E-state index contributed by atoms with van der Waals surface area (Å²) in [5.41, 5.74) is 0.731. The number of carbonyl (C=O) groups excluding carboxylic acids is 3. The molecule has 0 saturated carbocycles. The standard InChI is InChI=1S/C19H14BrClN2O4/c20-14-9-12(21)5-6-15(14)27-16(24)10-23-17(25)19(22-18(23)26)8-7-11-3-1-2-4-13(11)19/h1-6,9H,7-8,10H2,(H,22,26). The van der Waals surface area contributed by atoms with Gasteiger partial charge in [-0.25, -0.2) is 9.59 Å². The number of aryl methyl sites for hydroxylation is 1. The molecule has 3 amide bonds. The molecule has 1 spiro atoms. The van der Waals surface area contributed by atoms with E-state index in [1.54, 1.807) is 12.1 Å². The van der Waals surface area contributed by atoms with Crippen molar-refractivity contribution in [1.82, 2.24) is 10.2 Å². The topological polar surface area (TPSA) is 75.7 Å². The molecule has 1 atom stereocenters. The molecule has 138 valence electrons. The van der Waals surface area contributed by atoms with Crippen molar-refractivity contribution in [3.05, 3.63) is 63.1 Å². The molecule has 2 aliphatic rings. The van der Waals surface area contributed by atoms with Crippen LogP contribution in [-0.2, 0) is 21.5 Å². The largest absolute Gasteiger partial charge is 0.424 e. The predicted molar refractivity (Wildman–Crippen MR) is 101 cm³/mol. The van der Waals surface area contributed by atoms with Crippen LogP contribution < -0.4 is 10.1 Å². The van der Waals surface area contributed by atoms with E-state index in [0.29, 0.717) is 22.3 Å².